The zero-order chi connectivity index (χ0) is 15.9. The van der Waals surface area contributed by atoms with E-state index in [4.69, 9.17) is 19.9 Å². The van der Waals surface area contributed by atoms with E-state index in [9.17, 15) is 4.39 Å². The fourth-order valence-corrected chi connectivity index (χ4v) is 2.52. The van der Waals surface area contributed by atoms with Gasteiger partial charge in [-0.05, 0) is 43.6 Å². The Kier molecular flexibility index (Phi) is 6.57. The van der Waals surface area contributed by atoms with Gasteiger partial charge in [0.15, 0.2) is 17.9 Å². The largest absolute Gasteiger partial charge is 0.485 e. The average Bonchev–Trinajstić information content (AvgIpc) is 2.52. The number of piperidine rings is 1. The molecule has 0 atom stereocenters. The Morgan fingerprint density at radius 2 is 1.95 bits per heavy atom. The van der Waals surface area contributed by atoms with Gasteiger partial charge in [0.2, 0.25) is 0 Å². The lowest BCUT2D eigenvalue weighted by Gasteiger charge is -2.30. The van der Waals surface area contributed by atoms with E-state index in [-0.39, 0.29) is 18.2 Å². The van der Waals surface area contributed by atoms with Crippen molar-refractivity contribution >= 4 is 0 Å². The van der Waals surface area contributed by atoms with Crippen LogP contribution in [0.3, 0.4) is 0 Å². The summed E-state index contributed by atoms with van der Waals surface area (Å²) in [6, 6.07) is 5.38. The lowest BCUT2D eigenvalue weighted by atomic mass is 10.1. The topological polar surface area (TPSA) is 57.0 Å². The second-order valence-corrected chi connectivity index (χ2v) is 5.59. The molecular weight excluding hydrogens is 287 g/mol. The summed E-state index contributed by atoms with van der Waals surface area (Å²) in [6.45, 7) is 2.81. The van der Waals surface area contributed by atoms with Gasteiger partial charge in [0, 0.05) is 26.8 Å². The van der Waals surface area contributed by atoms with Gasteiger partial charge in [0.1, 0.15) is 6.61 Å². The monoisotopic (exact) mass is 312 g/mol. The second-order valence-electron chi connectivity index (χ2n) is 5.59. The Labute approximate surface area is 131 Å². The van der Waals surface area contributed by atoms with E-state index in [2.05, 4.69) is 4.90 Å². The molecule has 1 aromatic carbocycles. The van der Waals surface area contributed by atoms with Gasteiger partial charge in [0.05, 0.1) is 0 Å². The smallest absolute Gasteiger partial charge is 0.191 e. The first-order valence-electron chi connectivity index (χ1n) is 7.57. The van der Waals surface area contributed by atoms with Crippen LogP contribution >= 0.6 is 0 Å². The van der Waals surface area contributed by atoms with Crippen molar-refractivity contribution in [3.05, 3.63) is 29.6 Å². The number of nitrogens with zero attached hydrogens (tertiary/aromatic N) is 1. The van der Waals surface area contributed by atoms with Crippen LogP contribution in [0, 0.1) is 5.82 Å². The normalized spacial score (nSPS) is 17.1. The molecule has 22 heavy (non-hydrogen) atoms. The maximum Gasteiger partial charge on any atom is 0.191 e. The Balaban J connectivity index is 1.89. The SMILES string of the molecule is COC(COc1ccc(CN2CCC(N)CC2)cc1F)OC. The Morgan fingerprint density at radius 1 is 1.27 bits per heavy atom. The molecule has 124 valence electrons. The summed E-state index contributed by atoms with van der Waals surface area (Å²) < 4.78 is 29.5. The minimum Gasteiger partial charge on any atom is -0.485 e. The standard InChI is InChI=1S/C16H25FN2O3/c1-20-16(21-2)11-22-15-4-3-12(9-14(15)17)10-19-7-5-13(18)6-8-19/h3-4,9,13,16H,5-8,10-11,18H2,1-2H3. The third kappa shape index (κ3) is 4.91. The average molecular weight is 312 g/mol. The number of hydrogen-bond acceptors (Lipinski definition) is 5. The third-order valence-electron chi connectivity index (χ3n) is 3.94. The number of nitrogens with two attached hydrogens (primary N) is 1. The van der Waals surface area contributed by atoms with E-state index >= 15 is 0 Å². The molecule has 1 saturated heterocycles. The first kappa shape index (κ1) is 17.1. The highest BCUT2D eigenvalue weighted by atomic mass is 19.1. The Morgan fingerprint density at radius 3 is 2.55 bits per heavy atom. The first-order valence-corrected chi connectivity index (χ1v) is 7.57. The molecule has 0 saturated carbocycles. The molecule has 1 heterocycles. The molecule has 0 radical (unpaired) electrons. The molecule has 0 unspecified atom stereocenters. The summed E-state index contributed by atoms with van der Waals surface area (Å²) in [6.07, 6.45) is 1.50. The molecule has 0 spiro atoms. The van der Waals surface area contributed by atoms with Gasteiger partial charge in [0.25, 0.3) is 0 Å². The maximum atomic E-state index is 14.1. The Hall–Kier alpha value is -1.21. The molecule has 0 amide bonds. The predicted octanol–water partition coefficient (Wildman–Crippen LogP) is 1.75. The van der Waals surface area contributed by atoms with E-state index in [0.717, 1.165) is 38.0 Å². The maximum absolute atomic E-state index is 14.1. The van der Waals surface area contributed by atoms with Crippen molar-refractivity contribution in [2.45, 2.75) is 31.7 Å². The van der Waals surface area contributed by atoms with Gasteiger partial charge in [-0.1, -0.05) is 6.07 Å². The molecule has 0 aromatic heterocycles. The molecule has 2 N–H and O–H groups in total. The number of methoxy groups -OCH3 is 2. The Bertz CT molecular complexity index is 461. The van der Waals surface area contributed by atoms with E-state index in [0.29, 0.717) is 6.04 Å². The number of likely N-dealkylation sites (tertiary alicyclic amines) is 1. The van der Waals surface area contributed by atoms with Crippen molar-refractivity contribution in [1.29, 1.82) is 0 Å². The lowest BCUT2D eigenvalue weighted by Crippen LogP contribution is -2.39. The summed E-state index contributed by atoms with van der Waals surface area (Å²) in [7, 11) is 3.03. The van der Waals surface area contributed by atoms with Gasteiger partial charge >= 0.3 is 0 Å². The van der Waals surface area contributed by atoms with E-state index in [1.165, 1.54) is 20.3 Å². The van der Waals surface area contributed by atoms with Crippen LogP contribution < -0.4 is 10.5 Å². The highest BCUT2D eigenvalue weighted by molar-refractivity contribution is 5.29. The van der Waals surface area contributed by atoms with E-state index < -0.39 is 6.29 Å². The summed E-state index contributed by atoms with van der Waals surface area (Å²) >= 11 is 0. The number of hydrogen-bond donors (Lipinski definition) is 1. The van der Waals surface area contributed by atoms with Crippen LogP contribution in [-0.2, 0) is 16.0 Å². The minimum absolute atomic E-state index is 0.146. The highest BCUT2D eigenvalue weighted by Crippen LogP contribution is 2.21. The number of rotatable bonds is 7. The molecular formula is C16H25FN2O3. The lowest BCUT2D eigenvalue weighted by molar-refractivity contribution is -0.122. The summed E-state index contributed by atoms with van der Waals surface area (Å²) in [5.74, 6) is -0.152. The quantitative estimate of drug-likeness (QED) is 0.777. The number of benzene rings is 1. The van der Waals surface area contributed by atoms with Crippen LogP contribution in [-0.4, -0.2) is 51.1 Å². The molecule has 0 bridgehead atoms. The fourth-order valence-electron chi connectivity index (χ4n) is 2.52. The molecule has 6 heteroatoms. The fraction of sp³-hybridized carbons (Fsp3) is 0.625. The number of ether oxygens (including phenoxy) is 3. The minimum atomic E-state index is -0.503. The van der Waals surface area contributed by atoms with Gasteiger partial charge in [-0.2, -0.15) is 0 Å². The van der Waals surface area contributed by atoms with Crippen molar-refractivity contribution in [3.8, 4) is 5.75 Å². The third-order valence-corrected chi connectivity index (χ3v) is 3.94. The zero-order valence-electron chi connectivity index (χ0n) is 13.3. The van der Waals surface area contributed by atoms with Crippen molar-refractivity contribution in [1.82, 2.24) is 4.90 Å². The van der Waals surface area contributed by atoms with Crippen molar-refractivity contribution in [3.63, 3.8) is 0 Å². The second kappa shape index (κ2) is 8.43. The van der Waals surface area contributed by atoms with Crippen molar-refractivity contribution in [2.24, 2.45) is 5.73 Å². The molecule has 1 aliphatic heterocycles. The van der Waals surface area contributed by atoms with E-state index in [1.54, 1.807) is 6.07 Å². The molecule has 5 nitrogen and oxygen atoms in total. The van der Waals surface area contributed by atoms with Crippen LogP contribution in [0.5, 0.6) is 5.75 Å². The van der Waals surface area contributed by atoms with Crippen LogP contribution in [0.15, 0.2) is 18.2 Å². The zero-order valence-corrected chi connectivity index (χ0v) is 13.3. The van der Waals surface area contributed by atoms with Crippen LogP contribution in [0.2, 0.25) is 0 Å². The molecule has 1 aromatic rings. The van der Waals surface area contributed by atoms with E-state index in [1.807, 2.05) is 6.07 Å². The summed E-state index contributed by atoms with van der Waals surface area (Å²) in [5, 5.41) is 0. The van der Waals surface area contributed by atoms with Gasteiger partial charge in [-0.3, -0.25) is 4.90 Å². The van der Waals surface area contributed by atoms with Crippen LogP contribution in [0.1, 0.15) is 18.4 Å². The van der Waals surface area contributed by atoms with Gasteiger partial charge in [-0.15, -0.1) is 0 Å². The predicted molar refractivity (Wildman–Crippen MR) is 82.2 cm³/mol. The van der Waals surface area contributed by atoms with Crippen molar-refractivity contribution in [2.75, 3.05) is 33.9 Å². The van der Waals surface area contributed by atoms with Gasteiger partial charge < -0.3 is 19.9 Å². The molecule has 0 aliphatic carbocycles. The van der Waals surface area contributed by atoms with Crippen LogP contribution in [0.4, 0.5) is 4.39 Å². The first-order chi connectivity index (χ1) is 10.6. The number of halogens is 1. The summed E-state index contributed by atoms with van der Waals surface area (Å²) in [4.78, 5) is 2.30. The molecule has 2 rings (SSSR count). The molecule has 1 fully saturated rings. The molecule has 1 aliphatic rings. The summed E-state index contributed by atoms with van der Waals surface area (Å²) in [5.41, 5.74) is 6.83. The van der Waals surface area contributed by atoms with Crippen LogP contribution in [0.25, 0.3) is 0 Å². The van der Waals surface area contributed by atoms with Crippen molar-refractivity contribution < 1.29 is 18.6 Å². The highest BCUT2D eigenvalue weighted by Gasteiger charge is 2.17. The van der Waals surface area contributed by atoms with Gasteiger partial charge in [-0.25, -0.2) is 4.39 Å².